The van der Waals surface area contributed by atoms with Crippen LogP contribution in [0.5, 0.6) is 0 Å². The fraction of sp³-hybridized carbons (Fsp3) is 0.231. The summed E-state index contributed by atoms with van der Waals surface area (Å²) < 4.78 is 1.71. The average molecular weight is 229 g/mol. The highest BCUT2D eigenvalue weighted by atomic mass is 16.1. The highest BCUT2D eigenvalue weighted by molar-refractivity contribution is 5.34. The van der Waals surface area contributed by atoms with Gasteiger partial charge in [0, 0.05) is 18.8 Å². The number of nitrogens with one attached hydrogen (secondary N) is 1. The summed E-state index contributed by atoms with van der Waals surface area (Å²) in [6.07, 6.45) is 0. The fourth-order valence-electron chi connectivity index (χ4n) is 1.69. The maximum Gasteiger partial charge on any atom is 0.251 e. The molecule has 0 unspecified atom stereocenters. The van der Waals surface area contributed by atoms with E-state index in [0.29, 0.717) is 6.54 Å². The van der Waals surface area contributed by atoms with E-state index in [4.69, 9.17) is 0 Å². The van der Waals surface area contributed by atoms with E-state index in [1.807, 2.05) is 38.2 Å². The SMILES string of the molecule is CNc1cccc(Cn2c(C)cccc2=O)n1. The second-order valence-corrected chi connectivity index (χ2v) is 3.86. The largest absolute Gasteiger partial charge is 0.373 e. The summed E-state index contributed by atoms with van der Waals surface area (Å²) in [5.41, 5.74) is 1.81. The van der Waals surface area contributed by atoms with Crippen LogP contribution in [0.25, 0.3) is 0 Å². The lowest BCUT2D eigenvalue weighted by molar-refractivity contribution is 0.713. The van der Waals surface area contributed by atoms with E-state index in [9.17, 15) is 4.79 Å². The van der Waals surface area contributed by atoms with E-state index in [1.165, 1.54) is 0 Å². The van der Waals surface area contributed by atoms with Gasteiger partial charge >= 0.3 is 0 Å². The van der Waals surface area contributed by atoms with E-state index in [2.05, 4.69) is 10.3 Å². The molecule has 0 fully saturated rings. The standard InChI is InChI=1S/C13H15N3O/c1-10-5-3-8-13(17)16(10)9-11-6-4-7-12(14-2)15-11/h3-8H,9H2,1-2H3,(H,14,15). The van der Waals surface area contributed by atoms with Crippen molar-refractivity contribution in [1.29, 1.82) is 0 Å². The summed E-state index contributed by atoms with van der Waals surface area (Å²) in [4.78, 5) is 16.1. The molecule has 0 radical (unpaired) electrons. The molecule has 4 nitrogen and oxygen atoms in total. The van der Waals surface area contributed by atoms with Crippen molar-refractivity contribution in [3.8, 4) is 0 Å². The monoisotopic (exact) mass is 229 g/mol. The smallest absolute Gasteiger partial charge is 0.251 e. The molecule has 17 heavy (non-hydrogen) atoms. The number of pyridine rings is 2. The Morgan fingerprint density at radius 2 is 2.00 bits per heavy atom. The molecule has 2 rings (SSSR count). The molecule has 0 spiro atoms. The zero-order valence-electron chi connectivity index (χ0n) is 9.97. The third-order valence-corrected chi connectivity index (χ3v) is 2.65. The number of hydrogen-bond donors (Lipinski definition) is 1. The summed E-state index contributed by atoms with van der Waals surface area (Å²) in [5.74, 6) is 0.809. The van der Waals surface area contributed by atoms with Crippen molar-refractivity contribution in [3.63, 3.8) is 0 Å². The highest BCUT2D eigenvalue weighted by Crippen LogP contribution is 2.06. The van der Waals surface area contributed by atoms with Crippen molar-refractivity contribution < 1.29 is 0 Å². The molecular formula is C13H15N3O. The van der Waals surface area contributed by atoms with Crippen molar-refractivity contribution in [2.45, 2.75) is 13.5 Å². The maximum atomic E-state index is 11.7. The average Bonchev–Trinajstić information content (AvgIpc) is 2.34. The maximum absolute atomic E-state index is 11.7. The normalized spacial score (nSPS) is 10.2. The molecular weight excluding hydrogens is 214 g/mol. The Kier molecular flexibility index (Phi) is 3.23. The predicted molar refractivity (Wildman–Crippen MR) is 68.3 cm³/mol. The van der Waals surface area contributed by atoms with Crippen LogP contribution in [-0.2, 0) is 6.54 Å². The van der Waals surface area contributed by atoms with Gasteiger partial charge in [-0.1, -0.05) is 12.1 Å². The molecule has 88 valence electrons. The third kappa shape index (κ3) is 2.53. The van der Waals surface area contributed by atoms with Gasteiger partial charge in [-0.2, -0.15) is 0 Å². The number of aryl methyl sites for hydroxylation is 1. The van der Waals surface area contributed by atoms with Crippen molar-refractivity contribution in [2.75, 3.05) is 12.4 Å². The van der Waals surface area contributed by atoms with E-state index in [-0.39, 0.29) is 5.56 Å². The van der Waals surface area contributed by atoms with Crippen LogP contribution in [0.15, 0.2) is 41.2 Å². The van der Waals surface area contributed by atoms with Gasteiger partial charge in [0.05, 0.1) is 12.2 Å². The zero-order chi connectivity index (χ0) is 12.3. The van der Waals surface area contributed by atoms with Gasteiger partial charge in [-0.05, 0) is 25.1 Å². The molecule has 4 heteroatoms. The molecule has 2 heterocycles. The second-order valence-electron chi connectivity index (χ2n) is 3.86. The molecule has 0 aliphatic carbocycles. The molecule has 1 N–H and O–H groups in total. The van der Waals surface area contributed by atoms with Crippen LogP contribution in [-0.4, -0.2) is 16.6 Å². The Morgan fingerprint density at radius 3 is 2.71 bits per heavy atom. The summed E-state index contributed by atoms with van der Waals surface area (Å²) in [5, 5.41) is 2.98. The lowest BCUT2D eigenvalue weighted by Crippen LogP contribution is -2.22. The molecule has 0 saturated heterocycles. The third-order valence-electron chi connectivity index (χ3n) is 2.65. The molecule has 0 atom stereocenters. The van der Waals surface area contributed by atoms with E-state index in [1.54, 1.807) is 16.7 Å². The number of rotatable bonds is 3. The first-order valence-corrected chi connectivity index (χ1v) is 5.51. The highest BCUT2D eigenvalue weighted by Gasteiger charge is 2.02. The number of aromatic nitrogens is 2. The van der Waals surface area contributed by atoms with E-state index < -0.39 is 0 Å². The molecule has 0 aromatic carbocycles. The van der Waals surface area contributed by atoms with Gasteiger partial charge < -0.3 is 9.88 Å². The second kappa shape index (κ2) is 4.82. The fourth-order valence-corrected chi connectivity index (χ4v) is 1.69. The molecule has 0 amide bonds. The van der Waals surface area contributed by atoms with Gasteiger partial charge in [0.15, 0.2) is 0 Å². The number of anilines is 1. The summed E-state index contributed by atoms with van der Waals surface area (Å²) >= 11 is 0. The van der Waals surface area contributed by atoms with Crippen LogP contribution in [0, 0.1) is 6.92 Å². The molecule has 2 aromatic rings. The number of hydrogen-bond acceptors (Lipinski definition) is 3. The van der Waals surface area contributed by atoms with Gasteiger partial charge in [0.2, 0.25) is 0 Å². The van der Waals surface area contributed by atoms with E-state index >= 15 is 0 Å². The quantitative estimate of drug-likeness (QED) is 0.870. The minimum atomic E-state index is 0.00154. The van der Waals surface area contributed by atoms with Gasteiger partial charge in [-0.15, -0.1) is 0 Å². The Hall–Kier alpha value is -2.10. The summed E-state index contributed by atoms with van der Waals surface area (Å²) in [7, 11) is 1.83. The van der Waals surface area contributed by atoms with Crippen LogP contribution in [0.1, 0.15) is 11.4 Å². The molecule has 0 bridgehead atoms. The lowest BCUT2D eigenvalue weighted by Gasteiger charge is -2.09. The minimum Gasteiger partial charge on any atom is -0.373 e. The minimum absolute atomic E-state index is 0.00154. The first-order chi connectivity index (χ1) is 8.20. The van der Waals surface area contributed by atoms with Crippen molar-refractivity contribution >= 4 is 5.82 Å². The van der Waals surface area contributed by atoms with Gasteiger partial charge in [-0.25, -0.2) is 4.98 Å². The molecule has 0 aliphatic rings. The van der Waals surface area contributed by atoms with Gasteiger partial charge in [0.25, 0.3) is 5.56 Å². The molecule has 0 aliphatic heterocycles. The van der Waals surface area contributed by atoms with Crippen molar-refractivity contribution in [2.24, 2.45) is 0 Å². The summed E-state index contributed by atoms with van der Waals surface area (Å²) in [6, 6.07) is 11.0. The Morgan fingerprint density at radius 1 is 1.24 bits per heavy atom. The Labute approximate surface area is 99.9 Å². The zero-order valence-corrected chi connectivity index (χ0v) is 9.97. The first-order valence-electron chi connectivity index (χ1n) is 5.51. The topological polar surface area (TPSA) is 46.9 Å². The first kappa shape index (κ1) is 11.4. The van der Waals surface area contributed by atoms with Crippen LogP contribution < -0.4 is 10.9 Å². The van der Waals surface area contributed by atoms with Crippen LogP contribution >= 0.6 is 0 Å². The van der Waals surface area contributed by atoms with Gasteiger partial charge in [-0.3, -0.25) is 4.79 Å². The molecule has 0 saturated carbocycles. The van der Waals surface area contributed by atoms with Crippen LogP contribution in [0.4, 0.5) is 5.82 Å². The Bertz CT molecular complexity index is 575. The van der Waals surface area contributed by atoms with Crippen LogP contribution in [0.3, 0.4) is 0 Å². The van der Waals surface area contributed by atoms with Crippen molar-refractivity contribution in [3.05, 3.63) is 58.1 Å². The van der Waals surface area contributed by atoms with Crippen LogP contribution in [0.2, 0.25) is 0 Å². The van der Waals surface area contributed by atoms with Gasteiger partial charge in [0.1, 0.15) is 5.82 Å². The van der Waals surface area contributed by atoms with Crippen molar-refractivity contribution in [1.82, 2.24) is 9.55 Å². The Balaban J connectivity index is 2.34. The number of nitrogens with zero attached hydrogens (tertiary/aromatic N) is 2. The lowest BCUT2D eigenvalue weighted by atomic mass is 10.3. The summed E-state index contributed by atoms with van der Waals surface area (Å²) in [6.45, 7) is 2.42. The molecule has 2 aromatic heterocycles. The van der Waals surface area contributed by atoms with E-state index in [0.717, 1.165) is 17.2 Å². The predicted octanol–water partition coefficient (Wildman–Crippen LogP) is 1.64.